The molecule has 1 saturated heterocycles. The van der Waals surface area contributed by atoms with Crippen LogP contribution in [-0.2, 0) is 0 Å². The van der Waals surface area contributed by atoms with Gasteiger partial charge in [-0.2, -0.15) is 11.8 Å². The molecule has 15 heavy (non-hydrogen) atoms. The molecule has 0 N–H and O–H groups in total. The van der Waals surface area contributed by atoms with Crippen molar-refractivity contribution in [3.8, 4) is 0 Å². The van der Waals surface area contributed by atoms with Crippen molar-refractivity contribution in [2.75, 3.05) is 11.5 Å². The summed E-state index contributed by atoms with van der Waals surface area (Å²) in [5.41, 5.74) is 0.643. The van der Waals surface area contributed by atoms with Crippen molar-refractivity contribution in [1.82, 2.24) is 0 Å². The van der Waals surface area contributed by atoms with Crippen molar-refractivity contribution in [1.29, 1.82) is 0 Å². The molecule has 0 aliphatic carbocycles. The van der Waals surface area contributed by atoms with Gasteiger partial charge < -0.3 is 0 Å². The van der Waals surface area contributed by atoms with Crippen LogP contribution in [0.1, 0.15) is 23.2 Å². The maximum Gasteiger partial charge on any atom is 0.166 e. The molecule has 3 heteroatoms. The number of Topliss-reactive ketones (excluding diaryl/α,β-unsaturated/α-hetero) is 1. The van der Waals surface area contributed by atoms with Gasteiger partial charge in [0, 0.05) is 17.2 Å². The average Bonchev–Trinajstić information content (AvgIpc) is 2.30. The molecule has 1 atom stereocenters. The molecule has 0 aromatic heterocycles. The zero-order chi connectivity index (χ0) is 10.7. The van der Waals surface area contributed by atoms with Gasteiger partial charge in [-0.1, -0.05) is 0 Å². The van der Waals surface area contributed by atoms with Crippen LogP contribution in [0.4, 0.5) is 4.39 Å². The molecule has 1 aliphatic rings. The molecular formula is C12H13FOS. The lowest BCUT2D eigenvalue weighted by atomic mass is 9.95. The van der Waals surface area contributed by atoms with Crippen molar-refractivity contribution in [3.63, 3.8) is 0 Å². The minimum Gasteiger partial charge on any atom is -0.294 e. The zero-order valence-electron chi connectivity index (χ0n) is 8.41. The fourth-order valence-electron chi connectivity index (χ4n) is 1.80. The number of carbonyl (C=O) groups excluding carboxylic acids is 1. The molecule has 1 unspecified atom stereocenters. The van der Waals surface area contributed by atoms with Gasteiger partial charge in [-0.3, -0.25) is 4.79 Å². The molecule has 1 nitrogen and oxygen atoms in total. The van der Waals surface area contributed by atoms with E-state index in [0.29, 0.717) is 5.56 Å². The third-order valence-corrected chi connectivity index (χ3v) is 3.88. The lowest BCUT2D eigenvalue weighted by Crippen LogP contribution is -2.20. The van der Waals surface area contributed by atoms with Gasteiger partial charge in [0.1, 0.15) is 5.82 Å². The van der Waals surface area contributed by atoms with Gasteiger partial charge in [0.05, 0.1) is 0 Å². The van der Waals surface area contributed by atoms with E-state index in [4.69, 9.17) is 0 Å². The Morgan fingerprint density at radius 2 is 2.07 bits per heavy atom. The van der Waals surface area contributed by atoms with Gasteiger partial charge in [0.15, 0.2) is 5.78 Å². The Bertz CT molecular complexity index is 341. The first-order valence-corrected chi connectivity index (χ1v) is 6.30. The van der Waals surface area contributed by atoms with E-state index >= 15 is 0 Å². The average molecular weight is 224 g/mol. The molecule has 1 aromatic rings. The van der Waals surface area contributed by atoms with Gasteiger partial charge in [0.2, 0.25) is 0 Å². The Balaban J connectivity index is 2.09. The van der Waals surface area contributed by atoms with Crippen LogP contribution in [-0.4, -0.2) is 17.3 Å². The normalized spacial score (nSPS) is 21.3. The minimum absolute atomic E-state index is 0.134. The smallest absolute Gasteiger partial charge is 0.166 e. The third kappa shape index (κ3) is 2.59. The van der Waals surface area contributed by atoms with Crippen LogP contribution in [0.2, 0.25) is 0 Å². The summed E-state index contributed by atoms with van der Waals surface area (Å²) in [5.74, 6) is 2.09. The second-order valence-corrected chi connectivity index (χ2v) is 4.94. The molecule has 2 rings (SSSR count). The fourth-order valence-corrected chi connectivity index (χ4v) is 2.94. The van der Waals surface area contributed by atoms with E-state index in [1.54, 1.807) is 12.1 Å². The Morgan fingerprint density at radius 1 is 1.33 bits per heavy atom. The quantitative estimate of drug-likeness (QED) is 0.718. The number of carbonyl (C=O) groups is 1. The fraction of sp³-hybridized carbons (Fsp3) is 0.417. The summed E-state index contributed by atoms with van der Waals surface area (Å²) in [6.45, 7) is 0. The van der Waals surface area contributed by atoms with E-state index in [0.717, 1.165) is 24.3 Å². The highest BCUT2D eigenvalue weighted by molar-refractivity contribution is 7.99. The van der Waals surface area contributed by atoms with Gasteiger partial charge in [-0.25, -0.2) is 4.39 Å². The molecule has 0 bridgehead atoms. The lowest BCUT2D eigenvalue weighted by Gasteiger charge is -2.19. The Hall–Kier alpha value is -0.830. The van der Waals surface area contributed by atoms with Crippen molar-refractivity contribution in [2.24, 2.45) is 5.92 Å². The highest BCUT2D eigenvalue weighted by atomic mass is 32.2. The van der Waals surface area contributed by atoms with Gasteiger partial charge in [-0.15, -0.1) is 0 Å². The van der Waals surface area contributed by atoms with Crippen LogP contribution in [0.3, 0.4) is 0 Å². The highest BCUT2D eigenvalue weighted by Crippen LogP contribution is 2.25. The maximum absolute atomic E-state index is 12.7. The summed E-state index contributed by atoms with van der Waals surface area (Å²) in [6.07, 6.45) is 2.09. The van der Waals surface area contributed by atoms with Crippen molar-refractivity contribution < 1.29 is 9.18 Å². The molecule has 0 amide bonds. The largest absolute Gasteiger partial charge is 0.294 e. The lowest BCUT2D eigenvalue weighted by molar-refractivity contribution is 0.0925. The predicted molar refractivity (Wildman–Crippen MR) is 60.8 cm³/mol. The number of benzene rings is 1. The molecule has 0 spiro atoms. The van der Waals surface area contributed by atoms with Gasteiger partial charge in [0.25, 0.3) is 0 Å². The van der Waals surface area contributed by atoms with Gasteiger partial charge in [-0.05, 0) is 42.9 Å². The Morgan fingerprint density at radius 3 is 2.67 bits per heavy atom. The molecule has 1 fully saturated rings. The number of ketones is 1. The van der Waals surface area contributed by atoms with Gasteiger partial charge >= 0.3 is 0 Å². The highest BCUT2D eigenvalue weighted by Gasteiger charge is 2.22. The first-order chi connectivity index (χ1) is 7.27. The van der Waals surface area contributed by atoms with Crippen LogP contribution in [0.15, 0.2) is 24.3 Å². The minimum atomic E-state index is -0.287. The monoisotopic (exact) mass is 224 g/mol. The third-order valence-electron chi connectivity index (χ3n) is 2.66. The van der Waals surface area contributed by atoms with E-state index in [1.807, 2.05) is 11.8 Å². The SMILES string of the molecule is O=C(c1ccc(F)cc1)C1CCCSC1. The molecule has 0 radical (unpaired) electrons. The summed E-state index contributed by atoms with van der Waals surface area (Å²) in [6, 6.07) is 5.86. The van der Waals surface area contributed by atoms with E-state index in [-0.39, 0.29) is 17.5 Å². The van der Waals surface area contributed by atoms with E-state index in [9.17, 15) is 9.18 Å². The Kier molecular flexibility index (Phi) is 3.41. The Labute approximate surface area is 93.1 Å². The predicted octanol–water partition coefficient (Wildman–Crippen LogP) is 3.15. The van der Waals surface area contributed by atoms with Crippen LogP contribution in [0, 0.1) is 11.7 Å². The standard InChI is InChI=1S/C12H13FOS/c13-11-5-3-9(4-6-11)12(14)10-2-1-7-15-8-10/h3-6,10H,1-2,7-8H2. The molecule has 1 aliphatic heterocycles. The molecule has 1 heterocycles. The van der Waals surface area contributed by atoms with Crippen molar-refractivity contribution in [3.05, 3.63) is 35.6 Å². The first kappa shape index (κ1) is 10.7. The van der Waals surface area contributed by atoms with Crippen molar-refractivity contribution >= 4 is 17.5 Å². The number of hydrogen-bond acceptors (Lipinski definition) is 2. The summed E-state index contributed by atoms with van der Waals surface area (Å²) >= 11 is 1.83. The summed E-state index contributed by atoms with van der Waals surface area (Å²) in [5, 5.41) is 0. The molecule has 1 aromatic carbocycles. The summed E-state index contributed by atoms with van der Waals surface area (Å²) < 4.78 is 12.7. The van der Waals surface area contributed by atoms with E-state index in [2.05, 4.69) is 0 Å². The van der Waals surface area contributed by atoms with Crippen LogP contribution in [0.5, 0.6) is 0 Å². The number of halogens is 1. The van der Waals surface area contributed by atoms with E-state index in [1.165, 1.54) is 12.1 Å². The zero-order valence-corrected chi connectivity index (χ0v) is 9.23. The topological polar surface area (TPSA) is 17.1 Å². The first-order valence-electron chi connectivity index (χ1n) is 5.15. The van der Waals surface area contributed by atoms with Crippen LogP contribution >= 0.6 is 11.8 Å². The molecular weight excluding hydrogens is 211 g/mol. The summed E-state index contributed by atoms with van der Waals surface area (Å²) in [7, 11) is 0. The van der Waals surface area contributed by atoms with E-state index < -0.39 is 0 Å². The number of thioether (sulfide) groups is 1. The van der Waals surface area contributed by atoms with Crippen molar-refractivity contribution in [2.45, 2.75) is 12.8 Å². The second-order valence-electron chi connectivity index (χ2n) is 3.79. The van der Waals surface area contributed by atoms with Crippen LogP contribution < -0.4 is 0 Å². The number of rotatable bonds is 2. The van der Waals surface area contributed by atoms with Crippen LogP contribution in [0.25, 0.3) is 0 Å². The second kappa shape index (κ2) is 4.79. The molecule has 80 valence electrons. The number of hydrogen-bond donors (Lipinski definition) is 0. The maximum atomic E-state index is 12.7. The summed E-state index contributed by atoms with van der Waals surface area (Å²) in [4.78, 5) is 12.0. The molecule has 0 saturated carbocycles.